The highest BCUT2D eigenvalue weighted by atomic mass is 19.4. The van der Waals surface area contributed by atoms with Crippen LogP contribution in [-0.2, 0) is 4.84 Å². The average molecular weight is 295 g/mol. The molecule has 0 aromatic heterocycles. The second-order valence-electron chi connectivity index (χ2n) is 5.21. The highest BCUT2D eigenvalue weighted by Crippen LogP contribution is 2.38. The van der Waals surface area contributed by atoms with E-state index in [-0.39, 0.29) is 5.71 Å². The van der Waals surface area contributed by atoms with Crippen molar-refractivity contribution in [2.75, 3.05) is 0 Å². The van der Waals surface area contributed by atoms with Gasteiger partial charge in [-0.2, -0.15) is 13.2 Å². The summed E-state index contributed by atoms with van der Waals surface area (Å²) < 4.78 is 37.8. The Morgan fingerprint density at radius 1 is 1.24 bits per heavy atom. The zero-order valence-corrected chi connectivity index (χ0v) is 10.9. The number of rotatable bonds is 1. The van der Waals surface area contributed by atoms with E-state index in [1.807, 2.05) is 0 Å². The molecule has 0 spiro atoms. The molecule has 1 aromatic carbocycles. The van der Waals surface area contributed by atoms with Crippen LogP contribution in [-0.4, -0.2) is 22.8 Å². The molecule has 0 saturated heterocycles. The molecule has 1 fully saturated rings. The van der Waals surface area contributed by atoms with E-state index in [0.717, 1.165) is 18.4 Å². The van der Waals surface area contributed by atoms with Crippen LogP contribution in [0.2, 0.25) is 0 Å². The number of oxime groups is 1. The Labute approximate surface area is 119 Å². The van der Waals surface area contributed by atoms with Crippen LogP contribution in [0, 0.1) is 17.8 Å². The van der Waals surface area contributed by atoms with Gasteiger partial charge in [-0.25, -0.2) is 0 Å². The summed E-state index contributed by atoms with van der Waals surface area (Å²) >= 11 is 0. The average Bonchev–Trinajstić information content (AvgIpc) is 3.17. The lowest BCUT2D eigenvalue weighted by molar-refractivity contribution is -0.355. The van der Waals surface area contributed by atoms with E-state index in [1.54, 1.807) is 24.3 Å². The maximum Gasteiger partial charge on any atom is 0.458 e. The molecule has 1 heterocycles. The first-order valence-electron chi connectivity index (χ1n) is 6.53. The molecule has 21 heavy (non-hydrogen) atoms. The molecule has 2 aliphatic rings. The molecule has 3 rings (SSSR count). The number of halogens is 3. The fourth-order valence-electron chi connectivity index (χ4n) is 1.89. The van der Waals surface area contributed by atoms with Crippen molar-refractivity contribution >= 4 is 5.71 Å². The molecule has 1 aromatic rings. The summed E-state index contributed by atoms with van der Waals surface area (Å²) in [6.45, 7) is 0. The van der Waals surface area contributed by atoms with Crippen LogP contribution < -0.4 is 0 Å². The molecule has 1 aliphatic heterocycles. The minimum Gasteiger partial charge on any atom is -0.350 e. The normalized spacial score (nSPS) is 24.9. The molecule has 6 heteroatoms. The quantitative estimate of drug-likeness (QED) is 0.809. The number of hydrogen-bond donors (Lipinski definition) is 1. The van der Waals surface area contributed by atoms with E-state index >= 15 is 0 Å². The summed E-state index contributed by atoms with van der Waals surface area (Å²) in [4.78, 5) is 4.18. The van der Waals surface area contributed by atoms with Gasteiger partial charge in [0.25, 0.3) is 0 Å². The lowest BCUT2D eigenvalue weighted by Crippen LogP contribution is -2.45. The predicted octanol–water partition coefficient (Wildman–Crippen LogP) is 2.82. The molecule has 0 radical (unpaired) electrons. The number of alkyl halides is 3. The maximum absolute atomic E-state index is 12.6. The molecule has 1 aliphatic carbocycles. The van der Waals surface area contributed by atoms with Crippen LogP contribution in [0.15, 0.2) is 29.4 Å². The van der Waals surface area contributed by atoms with E-state index in [9.17, 15) is 18.3 Å². The standard InChI is InChI=1S/C15H12F3NO2/c16-15(17,18)14(20)9-13(19-21-14)12-7-5-11(6-8-12)4-3-10-1-2-10/h5-8,10,20H,1-2,9H2. The van der Waals surface area contributed by atoms with Crippen molar-refractivity contribution in [3.05, 3.63) is 35.4 Å². The van der Waals surface area contributed by atoms with Gasteiger partial charge < -0.3 is 9.94 Å². The van der Waals surface area contributed by atoms with E-state index in [2.05, 4.69) is 21.8 Å². The van der Waals surface area contributed by atoms with Crippen LogP contribution in [0.5, 0.6) is 0 Å². The van der Waals surface area contributed by atoms with E-state index < -0.39 is 18.4 Å². The zero-order valence-electron chi connectivity index (χ0n) is 10.9. The number of aliphatic hydroxyl groups is 1. The van der Waals surface area contributed by atoms with Gasteiger partial charge in [-0.1, -0.05) is 29.1 Å². The predicted molar refractivity (Wildman–Crippen MR) is 69.3 cm³/mol. The highest BCUT2D eigenvalue weighted by Gasteiger charge is 2.60. The summed E-state index contributed by atoms with van der Waals surface area (Å²) in [5, 5.41) is 12.7. The van der Waals surface area contributed by atoms with Gasteiger partial charge in [-0.05, 0) is 30.5 Å². The summed E-state index contributed by atoms with van der Waals surface area (Å²) in [6.07, 6.45) is -3.33. The molecule has 1 saturated carbocycles. The molecule has 1 unspecified atom stereocenters. The molecule has 110 valence electrons. The Morgan fingerprint density at radius 3 is 2.43 bits per heavy atom. The van der Waals surface area contributed by atoms with Crippen LogP contribution in [0.1, 0.15) is 30.4 Å². The van der Waals surface area contributed by atoms with Crippen molar-refractivity contribution < 1.29 is 23.1 Å². The van der Waals surface area contributed by atoms with Gasteiger partial charge in [0.2, 0.25) is 0 Å². The van der Waals surface area contributed by atoms with Gasteiger partial charge in [0.1, 0.15) is 0 Å². The summed E-state index contributed by atoms with van der Waals surface area (Å²) in [6, 6.07) is 6.69. The monoisotopic (exact) mass is 295 g/mol. The molecule has 1 atom stereocenters. The minimum atomic E-state index is -4.88. The van der Waals surface area contributed by atoms with Crippen molar-refractivity contribution in [3.8, 4) is 11.8 Å². The van der Waals surface area contributed by atoms with Crippen LogP contribution in [0.3, 0.4) is 0 Å². The van der Waals surface area contributed by atoms with Gasteiger partial charge in [0, 0.05) is 11.5 Å². The van der Waals surface area contributed by atoms with Crippen molar-refractivity contribution in [3.63, 3.8) is 0 Å². The Hall–Kier alpha value is -2.00. The first-order chi connectivity index (χ1) is 9.87. The Morgan fingerprint density at radius 2 is 1.90 bits per heavy atom. The second-order valence-corrected chi connectivity index (χ2v) is 5.21. The van der Waals surface area contributed by atoms with Gasteiger partial charge in [-0.3, -0.25) is 0 Å². The minimum absolute atomic E-state index is 0.0662. The third kappa shape index (κ3) is 2.88. The van der Waals surface area contributed by atoms with Crippen molar-refractivity contribution in [1.29, 1.82) is 0 Å². The molecule has 3 nitrogen and oxygen atoms in total. The van der Waals surface area contributed by atoms with Crippen molar-refractivity contribution in [2.24, 2.45) is 11.1 Å². The third-order valence-electron chi connectivity index (χ3n) is 3.37. The van der Waals surface area contributed by atoms with Crippen molar-refractivity contribution in [2.45, 2.75) is 31.2 Å². The molecular formula is C15H12F3NO2. The second kappa shape index (κ2) is 4.78. The van der Waals surface area contributed by atoms with E-state index in [1.165, 1.54) is 0 Å². The lowest BCUT2D eigenvalue weighted by atomic mass is 10.0. The first kappa shape index (κ1) is 14.0. The smallest absolute Gasteiger partial charge is 0.350 e. The van der Waals surface area contributed by atoms with Crippen LogP contribution in [0.4, 0.5) is 13.2 Å². The summed E-state index contributed by atoms with van der Waals surface area (Å²) in [5.41, 5.74) is 1.35. The number of benzene rings is 1. The summed E-state index contributed by atoms with van der Waals surface area (Å²) in [7, 11) is 0. The Balaban J connectivity index is 1.72. The van der Waals surface area contributed by atoms with E-state index in [4.69, 9.17) is 0 Å². The zero-order chi connectivity index (χ0) is 15.1. The van der Waals surface area contributed by atoms with Crippen LogP contribution >= 0.6 is 0 Å². The fraction of sp³-hybridized carbons (Fsp3) is 0.400. The van der Waals surface area contributed by atoms with Gasteiger partial charge in [0.05, 0.1) is 12.1 Å². The molecule has 0 bridgehead atoms. The number of nitrogens with zero attached hydrogens (tertiary/aromatic N) is 1. The topological polar surface area (TPSA) is 41.8 Å². The largest absolute Gasteiger partial charge is 0.458 e. The summed E-state index contributed by atoms with van der Waals surface area (Å²) in [5.74, 6) is 3.37. The fourth-order valence-corrected chi connectivity index (χ4v) is 1.89. The SMILES string of the molecule is OC1(C(F)(F)F)CC(c2ccc(C#CC3CC3)cc2)=NO1. The maximum atomic E-state index is 12.6. The first-order valence-corrected chi connectivity index (χ1v) is 6.53. The Kier molecular flexibility index (Phi) is 3.18. The molecular weight excluding hydrogens is 283 g/mol. The molecule has 0 amide bonds. The molecule has 1 N–H and O–H groups in total. The van der Waals surface area contributed by atoms with E-state index in [0.29, 0.717) is 11.5 Å². The van der Waals surface area contributed by atoms with Gasteiger partial charge in [0.15, 0.2) is 0 Å². The van der Waals surface area contributed by atoms with Gasteiger partial charge in [-0.15, -0.1) is 0 Å². The van der Waals surface area contributed by atoms with Crippen molar-refractivity contribution in [1.82, 2.24) is 0 Å². The van der Waals surface area contributed by atoms with Gasteiger partial charge >= 0.3 is 12.0 Å². The third-order valence-corrected chi connectivity index (χ3v) is 3.37. The lowest BCUT2D eigenvalue weighted by Gasteiger charge is -2.22. The van der Waals surface area contributed by atoms with Crippen LogP contribution in [0.25, 0.3) is 0 Å². The number of hydrogen-bond acceptors (Lipinski definition) is 3. The highest BCUT2D eigenvalue weighted by molar-refractivity contribution is 6.01. The Bertz CT molecular complexity index is 636.